The van der Waals surface area contributed by atoms with Crippen molar-refractivity contribution in [2.75, 3.05) is 11.6 Å². The SMILES string of the molecule is O=C(Cc1ccccc1)NC1C(=O)N2C(C(=O)[O-])=C(CCl)CS(=O)[C@H]12. The zero-order valence-electron chi connectivity index (χ0n) is 12.9. The highest BCUT2D eigenvalue weighted by atomic mass is 35.5. The van der Waals surface area contributed by atoms with Gasteiger partial charge in [-0.05, 0) is 11.1 Å². The smallest absolute Gasteiger partial charge is 0.253 e. The molecule has 1 fully saturated rings. The molecule has 2 unspecified atom stereocenters. The van der Waals surface area contributed by atoms with Crippen molar-refractivity contribution in [1.82, 2.24) is 10.2 Å². The number of fused-ring (bicyclic) bond motifs is 1. The van der Waals surface area contributed by atoms with Gasteiger partial charge in [-0.25, -0.2) is 0 Å². The molecule has 0 bridgehead atoms. The summed E-state index contributed by atoms with van der Waals surface area (Å²) in [5, 5.41) is 13.0. The number of carboxylic acid groups (broad SMARTS) is 1. The molecule has 3 rings (SSSR count). The van der Waals surface area contributed by atoms with E-state index in [1.807, 2.05) is 6.07 Å². The lowest BCUT2D eigenvalue weighted by atomic mass is 10.0. The number of carbonyl (C=O) groups is 3. The highest BCUT2D eigenvalue weighted by molar-refractivity contribution is 7.86. The molecule has 0 aliphatic carbocycles. The fourth-order valence-electron chi connectivity index (χ4n) is 2.95. The topological polar surface area (TPSA) is 107 Å². The number of benzene rings is 1. The Morgan fingerprint density at radius 1 is 1.32 bits per heavy atom. The van der Waals surface area contributed by atoms with Gasteiger partial charge in [-0.1, -0.05) is 30.3 Å². The lowest BCUT2D eigenvalue weighted by Gasteiger charge is -2.50. The van der Waals surface area contributed by atoms with Crippen LogP contribution in [0.15, 0.2) is 41.6 Å². The first kappa shape index (κ1) is 17.6. The Hall–Kier alpha value is -2.19. The number of aliphatic carboxylic acids is 1. The first-order valence-electron chi connectivity index (χ1n) is 7.47. The summed E-state index contributed by atoms with van der Waals surface area (Å²) >= 11 is 5.69. The molecule has 0 radical (unpaired) electrons. The summed E-state index contributed by atoms with van der Waals surface area (Å²) in [6.45, 7) is 0. The summed E-state index contributed by atoms with van der Waals surface area (Å²) in [7, 11) is -1.55. The number of hydrogen-bond donors (Lipinski definition) is 1. The van der Waals surface area contributed by atoms with Crippen molar-refractivity contribution in [2.24, 2.45) is 0 Å². The molecule has 3 atom stereocenters. The van der Waals surface area contributed by atoms with E-state index in [0.717, 1.165) is 10.5 Å². The number of halogens is 1. The molecule has 0 aromatic heterocycles. The normalized spacial score (nSPS) is 25.2. The molecular formula is C16H14ClN2O5S-. The molecule has 1 saturated heterocycles. The van der Waals surface area contributed by atoms with Crippen molar-refractivity contribution in [3.63, 3.8) is 0 Å². The van der Waals surface area contributed by atoms with Crippen LogP contribution in [-0.4, -0.2) is 49.9 Å². The van der Waals surface area contributed by atoms with E-state index in [1.54, 1.807) is 24.3 Å². The summed E-state index contributed by atoms with van der Waals surface area (Å²) in [6.07, 6.45) is 0.0695. The van der Waals surface area contributed by atoms with Crippen LogP contribution < -0.4 is 10.4 Å². The quantitative estimate of drug-likeness (QED) is 0.514. The largest absolute Gasteiger partial charge is 0.543 e. The Labute approximate surface area is 151 Å². The Bertz CT molecular complexity index is 795. The average molecular weight is 382 g/mol. The van der Waals surface area contributed by atoms with E-state index < -0.39 is 40.0 Å². The lowest BCUT2D eigenvalue weighted by Crippen LogP contribution is -2.74. The third-order valence-electron chi connectivity index (χ3n) is 4.08. The van der Waals surface area contributed by atoms with Crippen molar-refractivity contribution < 1.29 is 23.7 Å². The van der Waals surface area contributed by atoms with Gasteiger partial charge in [-0.2, -0.15) is 0 Å². The molecule has 1 N–H and O–H groups in total. The van der Waals surface area contributed by atoms with Gasteiger partial charge < -0.3 is 15.2 Å². The van der Waals surface area contributed by atoms with Crippen LogP contribution in [-0.2, 0) is 31.6 Å². The van der Waals surface area contributed by atoms with E-state index in [1.165, 1.54) is 0 Å². The van der Waals surface area contributed by atoms with Gasteiger partial charge in [-0.15, -0.1) is 11.6 Å². The molecular weight excluding hydrogens is 368 g/mol. The molecule has 2 aliphatic heterocycles. The lowest BCUT2D eigenvalue weighted by molar-refractivity contribution is -0.301. The molecule has 1 aromatic rings. The second-order valence-electron chi connectivity index (χ2n) is 5.70. The van der Waals surface area contributed by atoms with Gasteiger partial charge in [0.1, 0.15) is 11.4 Å². The minimum absolute atomic E-state index is 0.0632. The monoisotopic (exact) mass is 381 g/mol. The predicted molar refractivity (Wildman–Crippen MR) is 88.5 cm³/mol. The highest BCUT2D eigenvalue weighted by Gasteiger charge is 2.55. The maximum Gasteiger partial charge on any atom is 0.253 e. The Kier molecular flexibility index (Phi) is 4.91. The van der Waals surface area contributed by atoms with E-state index in [2.05, 4.69) is 5.32 Å². The van der Waals surface area contributed by atoms with Crippen LogP contribution in [0.1, 0.15) is 5.56 Å². The number of carbonyl (C=O) groups excluding carboxylic acids is 3. The van der Waals surface area contributed by atoms with Crippen LogP contribution in [0.25, 0.3) is 0 Å². The van der Waals surface area contributed by atoms with Crippen LogP contribution in [0.3, 0.4) is 0 Å². The number of rotatable bonds is 5. The Morgan fingerprint density at radius 3 is 2.60 bits per heavy atom. The third kappa shape index (κ3) is 3.19. The van der Waals surface area contributed by atoms with Gasteiger partial charge in [0, 0.05) is 5.88 Å². The second kappa shape index (κ2) is 6.97. The summed E-state index contributed by atoms with van der Waals surface area (Å²) < 4.78 is 12.3. The van der Waals surface area contributed by atoms with Crippen molar-refractivity contribution in [3.8, 4) is 0 Å². The van der Waals surface area contributed by atoms with E-state index in [-0.39, 0.29) is 29.3 Å². The molecule has 2 amide bonds. The fraction of sp³-hybridized carbons (Fsp3) is 0.312. The first-order chi connectivity index (χ1) is 11.9. The fourth-order valence-corrected chi connectivity index (χ4v) is 4.97. The maximum atomic E-state index is 12.3. The Morgan fingerprint density at radius 2 is 2.00 bits per heavy atom. The molecule has 7 nitrogen and oxygen atoms in total. The minimum atomic E-state index is -1.55. The molecule has 1 aromatic carbocycles. The standard InChI is InChI=1S/C16H15ClN2O5S/c17-7-10-8-25(24)15-12(14(21)19(15)13(10)16(22)23)18-11(20)6-9-4-2-1-3-5-9/h1-5,12,15H,6-8H2,(H,18,20)(H,22,23)/p-1/t12?,15-,25?/m1/s1. The number of nitrogens with zero attached hydrogens (tertiary/aromatic N) is 1. The van der Waals surface area contributed by atoms with Crippen molar-refractivity contribution >= 4 is 40.2 Å². The third-order valence-corrected chi connectivity index (χ3v) is 6.06. The van der Waals surface area contributed by atoms with Gasteiger partial charge in [-0.3, -0.25) is 18.7 Å². The molecule has 2 heterocycles. The zero-order chi connectivity index (χ0) is 18.1. The molecule has 25 heavy (non-hydrogen) atoms. The van der Waals surface area contributed by atoms with Crippen LogP contribution in [0.5, 0.6) is 0 Å². The van der Waals surface area contributed by atoms with Crippen molar-refractivity contribution in [2.45, 2.75) is 17.8 Å². The number of alkyl halides is 1. The van der Waals surface area contributed by atoms with E-state index in [0.29, 0.717) is 0 Å². The average Bonchev–Trinajstić information content (AvgIpc) is 2.59. The second-order valence-corrected chi connectivity index (χ2v) is 7.51. The summed E-state index contributed by atoms with van der Waals surface area (Å²) in [5.41, 5.74) is 0.630. The number of carboxylic acids is 1. The molecule has 132 valence electrons. The Balaban J connectivity index is 1.75. The molecule has 0 spiro atoms. The molecule has 9 heteroatoms. The zero-order valence-corrected chi connectivity index (χ0v) is 14.5. The van der Waals surface area contributed by atoms with Gasteiger partial charge in [0.2, 0.25) is 5.91 Å². The molecule has 2 aliphatic rings. The van der Waals surface area contributed by atoms with Gasteiger partial charge in [0.05, 0.1) is 34.6 Å². The van der Waals surface area contributed by atoms with E-state index in [9.17, 15) is 23.7 Å². The van der Waals surface area contributed by atoms with Gasteiger partial charge >= 0.3 is 0 Å². The summed E-state index contributed by atoms with van der Waals surface area (Å²) in [4.78, 5) is 36.7. The van der Waals surface area contributed by atoms with Crippen LogP contribution in [0, 0.1) is 0 Å². The number of nitrogens with one attached hydrogen (secondary N) is 1. The summed E-state index contributed by atoms with van der Waals surface area (Å²) in [6, 6.07) is 7.94. The van der Waals surface area contributed by atoms with Crippen LogP contribution in [0.2, 0.25) is 0 Å². The minimum Gasteiger partial charge on any atom is -0.543 e. The first-order valence-corrected chi connectivity index (χ1v) is 9.38. The molecule has 0 saturated carbocycles. The number of amides is 2. The van der Waals surface area contributed by atoms with E-state index in [4.69, 9.17) is 11.6 Å². The van der Waals surface area contributed by atoms with Crippen LogP contribution >= 0.6 is 11.6 Å². The van der Waals surface area contributed by atoms with Gasteiger partial charge in [0.25, 0.3) is 5.91 Å². The van der Waals surface area contributed by atoms with Gasteiger partial charge in [0.15, 0.2) is 0 Å². The van der Waals surface area contributed by atoms with Crippen molar-refractivity contribution in [3.05, 3.63) is 47.2 Å². The predicted octanol–water partition coefficient (Wildman–Crippen LogP) is -1.11. The highest BCUT2D eigenvalue weighted by Crippen LogP contribution is 2.34. The maximum absolute atomic E-state index is 12.3. The summed E-state index contributed by atoms with van der Waals surface area (Å²) in [5.74, 6) is -2.78. The van der Waals surface area contributed by atoms with E-state index >= 15 is 0 Å². The number of hydrogen-bond acceptors (Lipinski definition) is 5. The number of β-lactam (4-membered cyclic amide) rings is 1. The van der Waals surface area contributed by atoms with Crippen LogP contribution in [0.4, 0.5) is 0 Å². The van der Waals surface area contributed by atoms with Crippen molar-refractivity contribution in [1.29, 1.82) is 0 Å².